The third-order valence-corrected chi connectivity index (χ3v) is 2.70. The normalized spacial score (nSPS) is 13.0. The molecule has 0 fully saturated rings. The molecule has 1 unspecified atom stereocenters. The molecule has 0 amide bonds. The fraction of sp³-hybridized carbons (Fsp3) is 0.167. The van der Waals surface area contributed by atoms with Crippen molar-refractivity contribution in [3.63, 3.8) is 0 Å². The van der Waals surface area contributed by atoms with Gasteiger partial charge < -0.3 is 5.11 Å². The van der Waals surface area contributed by atoms with E-state index >= 15 is 0 Å². The lowest BCUT2D eigenvalue weighted by Gasteiger charge is -2.10. The molecule has 1 atom stereocenters. The highest BCUT2D eigenvalue weighted by Crippen LogP contribution is 2.24. The third kappa shape index (κ3) is 1.63. The van der Waals surface area contributed by atoms with E-state index in [1.165, 1.54) is 0 Å². The summed E-state index contributed by atoms with van der Waals surface area (Å²) in [5, 5.41) is 12.0. The van der Waals surface area contributed by atoms with Crippen LogP contribution in [-0.2, 0) is 0 Å². The highest BCUT2D eigenvalue weighted by atomic mass is 32.1. The van der Waals surface area contributed by atoms with Gasteiger partial charge in [-0.15, -0.1) is 0 Å². The molecule has 0 bridgehead atoms. The minimum atomic E-state index is -0.482. The van der Waals surface area contributed by atoms with Gasteiger partial charge in [0, 0.05) is 5.75 Å². The van der Waals surface area contributed by atoms with Crippen LogP contribution in [0.25, 0.3) is 10.8 Å². The topological polar surface area (TPSA) is 20.2 Å². The van der Waals surface area contributed by atoms with Crippen LogP contribution in [0.4, 0.5) is 0 Å². The summed E-state index contributed by atoms with van der Waals surface area (Å²) in [7, 11) is 0. The molecular formula is C12H12OS. The SMILES string of the molecule is OC(CS)c1cccc2ccccc12. The Labute approximate surface area is 88.8 Å². The van der Waals surface area contributed by atoms with Gasteiger partial charge in [-0.2, -0.15) is 12.6 Å². The fourth-order valence-electron chi connectivity index (χ4n) is 1.64. The highest BCUT2D eigenvalue weighted by Gasteiger charge is 2.07. The maximum atomic E-state index is 9.75. The molecule has 0 aliphatic carbocycles. The maximum absolute atomic E-state index is 9.75. The summed E-state index contributed by atoms with van der Waals surface area (Å²) in [4.78, 5) is 0. The number of rotatable bonds is 2. The van der Waals surface area contributed by atoms with E-state index in [4.69, 9.17) is 0 Å². The number of fused-ring (bicyclic) bond motifs is 1. The quantitative estimate of drug-likeness (QED) is 0.721. The van der Waals surface area contributed by atoms with E-state index in [9.17, 15) is 5.11 Å². The Morgan fingerprint density at radius 1 is 1.07 bits per heavy atom. The molecule has 72 valence electrons. The standard InChI is InChI=1S/C12H12OS/c13-12(8-14)11-7-3-5-9-4-1-2-6-10(9)11/h1-7,12-14H,8H2. The Balaban J connectivity index is 2.65. The van der Waals surface area contributed by atoms with Crippen molar-refractivity contribution in [2.45, 2.75) is 6.10 Å². The monoisotopic (exact) mass is 204 g/mol. The molecule has 0 aliphatic heterocycles. The number of benzene rings is 2. The van der Waals surface area contributed by atoms with E-state index in [-0.39, 0.29) is 0 Å². The van der Waals surface area contributed by atoms with Crippen molar-refractivity contribution in [3.05, 3.63) is 48.0 Å². The van der Waals surface area contributed by atoms with E-state index in [2.05, 4.69) is 12.6 Å². The predicted molar refractivity (Wildman–Crippen MR) is 62.8 cm³/mol. The number of thiol groups is 1. The van der Waals surface area contributed by atoms with Crippen LogP contribution < -0.4 is 0 Å². The van der Waals surface area contributed by atoms with Crippen molar-refractivity contribution in [1.82, 2.24) is 0 Å². The Morgan fingerprint density at radius 2 is 1.79 bits per heavy atom. The van der Waals surface area contributed by atoms with Crippen LogP contribution in [0.15, 0.2) is 42.5 Å². The van der Waals surface area contributed by atoms with Gasteiger partial charge in [0.15, 0.2) is 0 Å². The number of aliphatic hydroxyl groups excluding tert-OH is 1. The lowest BCUT2D eigenvalue weighted by molar-refractivity contribution is 0.206. The summed E-state index contributed by atoms with van der Waals surface area (Å²) in [6.07, 6.45) is -0.482. The zero-order chi connectivity index (χ0) is 9.97. The second-order valence-corrected chi connectivity index (χ2v) is 3.63. The molecule has 2 rings (SSSR count). The lowest BCUT2D eigenvalue weighted by Crippen LogP contribution is -1.99. The van der Waals surface area contributed by atoms with Crippen LogP contribution in [0.2, 0.25) is 0 Å². The minimum Gasteiger partial charge on any atom is -0.388 e. The fourth-order valence-corrected chi connectivity index (χ4v) is 1.84. The van der Waals surface area contributed by atoms with Crippen molar-refractivity contribution in [3.8, 4) is 0 Å². The maximum Gasteiger partial charge on any atom is 0.0883 e. The van der Waals surface area contributed by atoms with E-state index in [0.717, 1.165) is 16.3 Å². The van der Waals surface area contributed by atoms with Crippen molar-refractivity contribution in [2.24, 2.45) is 0 Å². The Hall–Kier alpha value is -0.990. The summed E-state index contributed by atoms with van der Waals surface area (Å²) in [6, 6.07) is 14.0. The zero-order valence-corrected chi connectivity index (χ0v) is 8.61. The molecule has 1 nitrogen and oxygen atoms in total. The molecule has 0 aromatic heterocycles. The lowest BCUT2D eigenvalue weighted by atomic mass is 10.0. The third-order valence-electron chi connectivity index (χ3n) is 2.36. The average molecular weight is 204 g/mol. The van der Waals surface area contributed by atoms with Crippen LogP contribution >= 0.6 is 12.6 Å². The molecule has 2 aromatic carbocycles. The van der Waals surface area contributed by atoms with Gasteiger partial charge in [0.25, 0.3) is 0 Å². The number of hydrogen-bond donors (Lipinski definition) is 2. The van der Waals surface area contributed by atoms with Crippen LogP contribution in [0.5, 0.6) is 0 Å². The van der Waals surface area contributed by atoms with Crippen LogP contribution in [0, 0.1) is 0 Å². The average Bonchev–Trinajstić information content (AvgIpc) is 2.27. The van der Waals surface area contributed by atoms with Crippen molar-refractivity contribution < 1.29 is 5.11 Å². The smallest absolute Gasteiger partial charge is 0.0883 e. The first-order valence-electron chi connectivity index (χ1n) is 4.59. The van der Waals surface area contributed by atoms with Crippen LogP contribution in [0.1, 0.15) is 11.7 Å². The molecule has 14 heavy (non-hydrogen) atoms. The summed E-state index contributed by atoms with van der Waals surface area (Å²) >= 11 is 4.10. The first-order valence-corrected chi connectivity index (χ1v) is 5.23. The van der Waals surface area contributed by atoms with Crippen molar-refractivity contribution >= 4 is 23.4 Å². The predicted octanol–water partition coefficient (Wildman–Crippen LogP) is 2.80. The molecule has 2 aromatic rings. The molecule has 0 saturated carbocycles. The highest BCUT2D eigenvalue weighted by molar-refractivity contribution is 7.80. The molecule has 0 saturated heterocycles. The van der Waals surface area contributed by atoms with E-state index in [1.807, 2.05) is 42.5 Å². The molecule has 0 heterocycles. The molecule has 0 aliphatic rings. The Bertz CT molecular complexity index is 434. The van der Waals surface area contributed by atoms with Gasteiger partial charge in [0.1, 0.15) is 0 Å². The van der Waals surface area contributed by atoms with Gasteiger partial charge in [-0.1, -0.05) is 42.5 Å². The molecule has 0 spiro atoms. The largest absolute Gasteiger partial charge is 0.388 e. The van der Waals surface area contributed by atoms with Gasteiger partial charge in [0.2, 0.25) is 0 Å². The molecular weight excluding hydrogens is 192 g/mol. The second kappa shape index (κ2) is 4.03. The van der Waals surface area contributed by atoms with Gasteiger partial charge in [-0.05, 0) is 16.3 Å². The minimum absolute atomic E-state index is 0.452. The van der Waals surface area contributed by atoms with Crippen LogP contribution in [0.3, 0.4) is 0 Å². The number of aliphatic hydroxyl groups is 1. The van der Waals surface area contributed by atoms with Gasteiger partial charge in [0.05, 0.1) is 6.10 Å². The number of hydrogen-bond acceptors (Lipinski definition) is 2. The molecule has 2 heteroatoms. The van der Waals surface area contributed by atoms with Gasteiger partial charge in [-0.25, -0.2) is 0 Å². The second-order valence-electron chi connectivity index (χ2n) is 3.27. The van der Waals surface area contributed by atoms with Crippen LogP contribution in [-0.4, -0.2) is 10.9 Å². The summed E-state index contributed by atoms with van der Waals surface area (Å²) < 4.78 is 0. The van der Waals surface area contributed by atoms with E-state index in [0.29, 0.717) is 5.75 Å². The first-order chi connectivity index (χ1) is 6.83. The van der Waals surface area contributed by atoms with Crippen molar-refractivity contribution in [1.29, 1.82) is 0 Å². The van der Waals surface area contributed by atoms with E-state index < -0.39 is 6.10 Å². The molecule has 0 radical (unpaired) electrons. The van der Waals surface area contributed by atoms with Gasteiger partial charge in [-0.3, -0.25) is 0 Å². The Kier molecular flexibility index (Phi) is 2.75. The first kappa shape index (κ1) is 9.56. The van der Waals surface area contributed by atoms with Crippen molar-refractivity contribution in [2.75, 3.05) is 5.75 Å². The Morgan fingerprint density at radius 3 is 2.57 bits per heavy atom. The van der Waals surface area contributed by atoms with Gasteiger partial charge >= 0.3 is 0 Å². The van der Waals surface area contributed by atoms with E-state index in [1.54, 1.807) is 0 Å². The summed E-state index contributed by atoms with van der Waals surface area (Å²) in [5.74, 6) is 0.452. The molecule has 1 N–H and O–H groups in total. The summed E-state index contributed by atoms with van der Waals surface area (Å²) in [5.41, 5.74) is 0.957. The zero-order valence-electron chi connectivity index (χ0n) is 7.72. The summed E-state index contributed by atoms with van der Waals surface area (Å²) in [6.45, 7) is 0.